The molecular weight excluding hydrogens is 272 g/mol. The largest absolute Gasteiger partial charge is 0.396 e. The number of benzene rings is 1. The van der Waals surface area contributed by atoms with Crippen LogP contribution in [0.2, 0.25) is 0 Å². The summed E-state index contributed by atoms with van der Waals surface area (Å²) >= 11 is 0. The second-order valence-corrected chi connectivity index (χ2v) is 6.21. The molecule has 0 bridgehead atoms. The van der Waals surface area contributed by atoms with Gasteiger partial charge in [-0.15, -0.1) is 0 Å². The predicted molar refractivity (Wildman–Crippen MR) is 76.9 cm³/mol. The smallest absolute Gasteiger partial charge is 0.269 e. The SMILES string of the molecule is O=[N+]([O-])c1cccc(CN(CC2(CO)COC2)C2CC2)c1. The van der Waals surface area contributed by atoms with E-state index in [2.05, 4.69) is 4.90 Å². The fraction of sp³-hybridized carbons (Fsp3) is 0.600. The summed E-state index contributed by atoms with van der Waals surface area (Å²) in [5, 5.41) is 20.4. The van der Waals surface area contributed by atoms with Crippen LogP contribution in [0.5, 0.6) is 0 Å². The van der Waals surface area contributed by atoms with Crippen LogP contribution in [-0.2, 0) is 11.3 Å². The highest BCUT2D eigenvalue weighted by molar-refractivity contribution is 5.34. The van der Waals surface area contributed by atoms with Gasteiger partial charge in [0, 0.05) is 31.3 Å². The summed E-state index contributed by atoms with van der Waals surface area (Å²) in [7, 11) is 0. The molecule has 0 amide bonds. The maximum Gasteiger partial charge on any atom is 0.269 e. The van der Waals surface area contributed by atoms with Gasteiger partial charge >= 0.3 is 0 Å². The Morgan fingerprint density at radius 3 is 2.71 bits per heavy atom. The van der Waals surface area contributed by atoms with Crippen molar-refractivity contribution in [2.45, 2.75) is 25.4 Å². The Labute approximate surface area is 123 Å². The number of nitro benzene ring substituents is 1. The van der Waals surface area contributed by atoms with Crippen molar-refractivity contribution in [3.63, 3.8) is 0 Å². The molecule has 114 valence electrons. The molecule has 1 heterocycles. The third-order valence-corrected chi connectivity index (χ3v) is 4.26. The molecular formula is C15H20N2O4. The Morgan fingerprint density at radius 2 is 2.19 bits per heavy atom. The molecule has 6 nitrogen and oxygen atoms in total. The first-order valence-corrected chi connectivity index (χ1v) is 7.28. The highest BCUT2D eigenvalue weighted by Crippen LogP contribution is 2.35. The molecule has 21 heavy (non-hydrogen) atoms. The van der Waals surface area contributed by atoms with E-state index in [-0.39, 0.29) is 22.6 Å². The quantitative estimate of drug-likeness (QED) is 0.610. The van der Waals surface area contributed by atoms with Gasteiger partial charge in [-0.2, -0.15) is 0 Å². The van der Waals surface area contributed by atoms with Gasteiger partial charge in [0.15, 0.2) is 0 Å². The average molecular weight is 292 g/mol. The molecule has 0 spiro atoms. The Hall–Kier alpha value is -1.50. The van der Waals surface area contributed by atoms with Gasteiger partial charge in [-0.1, -0.05) is 12.1 Å². The van der Waals surface area contributed by atoms with Gasteiger partial charge in [-0.25, -0.2) is 0 Å². The molecule has 0 aromatic heterocycles. The van der Waals surface area contributed by atoms with E-state index >= 15 is 0 Å². The van der Waals surface area contributed by atoms with E-state index in [9.17, 15) is 15.2 Å². The normalized spacial score (nSPS) is 20.3. The summed E-state index contributed by atoms with van der Waals surface area (Å²) in [4.78, 5) is 12.8. The Bertz CT molecular complexity index is 521. The van der Waals surface area contributed by atoms with Crippen LogP contribution in [0.1, 0.15) is 18.4 Å². The van der Waals surface area contributed by atoms with Crippen LogP contribution in [0.25, 0.3) is 0 Å². The third kappa shape index (κ3) is 3.23. The molecule has 1 saturated heterocycles. The van der Waals surface area contributed by atoms with E-state index in [4.69, 9.17) is 4.74 Å². The van der Waals surface area contributed by atoms with E-state index in [0.717, 1.165) is 24.9 Å². The summed E-state index contributed by atoms with van der Waals surface area (Å²) in [5.74, 6) is 0. The monoisotopic (exact) mass is 292 g/mol. The summed E-state index contributed by atoms with van der Waals surface area (Å²) in [6.07, 6.45) is 2.33. The average Bonchev–Trinajstić information content (AvgIpc) is 3.26. The Balaban J connectivity index is 1.70. The molecule has 1 aliphatic heterocycles. The molecule has 0 unspecified atom stereocenters. The van der Waals surface area contributed by atoms with Crippen molar-refractivity contribution in [2.24, 2.45) is 5.41 Å². The summed E-state index contributed by atoms with van der Waals surface area (Å²) in [5.41, 5.74) is 0.931. The molecule has 3 rings (SSSR count). The predicted octanol–water partition coefficient (Wildman–Crippen LogP) is 1.57. The molecule has 6 heteroatoms. The molecule has 1 saturated carbocycles. The van der Waals surface area contributed by atoms with Crippen LogP contribution in [0.15, 0.2) is 24.3 Å². The summed E-state index contributed by atoms with van der Waals surface area (Å²) < 4.78 is 5.25. The maximum atomic E-state index is 10.9. The number of nitrogens with zero attached hydrogens (tertiary/aromatic N) is 2. The number of nitro groups is 1. The first kappa shape index (κ1) is 14.4. The van der Waals surface area contributed by atoms with Crippen molar-refractivity contribution in [1.29, 1.82) is 0 Å². The topological polar surface area (TPSA) is 75.8 Å². The Kier molecular flexibility index (Phi) is 3.93. The van der Waals surface area contributed by atoms with Gasteiger partial charge in [0.05, 0.1) is 30.2 Å². The van der Waals surface area contributed by atoms with Crippen LogP contribution in [-0.4, -0.2) is 47.3 Å². The number of non-ortho nitro benzene ring substituents is 1. The second kappa shape index (κ2) is 5.71. The minimum atomic E-state index is -0.361. The zero-order valence-electron chi connectivity index (χ0n) is 11.9. The van der Waals surface area contributed by atoms with E-state index in [0.29, 0.717) is 25.8 Å². The van der Waals surface area contributed by atoms with Crippen molar-refractivity contribution in [3.05, 3.63) is 39.9 Å². The molecule has 1 aromatic rings. The fourth-order valence-electron chi connectivity index (χ4n) is 2.81. The molecule has 1 N–H and O–H groups in total. The number of hydrogen-bond acceptors (Lipinski definition) is 5. The molecule has 1 aliphatic carbocycles. The first-order valence-electron chi connectivity index (χ1n) is 7.28. The van der Waals surface area contributed by atoms with Gasteiger partial charge in [0.2, 0.25) is 0 Å². The summed E-state index contributed by atoms with van der Waals surface area (Å²) in [6.45, 7) is 2.80. The molecule has 2 aliphatic rings. The van der Waals surface area contributed by atoms with Crippen LogP contribution in [0, 0.1) is 15.5 Å². The number of rotatable bonds is 7. The van der Waals surface area contributed by atoms with Crippen molar-refractivity contribution in [1.82, 2.24) is 4.90 Å². The number of hydrogen-bond donors (Lipinski definition) is 1. The first-order chi connectivity index (χ1) is 10.1. The lowest BCUT2D eigenvalue weighted by atomic mass is 9.86. The molecule has 1 aromatic carbocycles. The number of aliphatic hydroxyl groups excluding tert-OH is 1. The standard InChI is InChI=1S/C15H20N2O4/c18-9-15(10-21-11-15)8-16(13-4-5-13)7-12-2-1-3-14(6-12)17(19)20/h1-3,6,13,18H,4-5,7-11H2. The van der Waals surface area contributed by atoms with Crippen molar-refractivity contribution in [2.75, 3.05) is 26.4 Å². The lowest BCUT2D eigenvalue weighted by Gasteiger charge is -2.43. The second-order valence-electron chi connectivity index (χ2n) is 6.21. The minimum absolute atomic E-state index is 0.130. The van der Waals surface area contributed by atoms with E-state index in [1.165, 1.54) is 6.07 Å². The number of aliphatic hydroxyl groups is 1. The van der Waals surface area contributed by atoms with Gasteiger partial charge in [0.1, 0.15) is 0 Å². The molecule has 0 radical (unpaired) electrons. The van der Waals surface area contributed by atoms with Gasteiger partial charge in [-0.05, 0) is 18.4 Å². The van der Waals surface area contributed by atoms with E-state index in [1.807, 2.05) is 6.07 Å². The minimum Gasteiger partial charge on any atom is -0.396 e. The van der Waals surface area contributed by atoms with Crippen LogP contribution in [0.3, 0.4) is 0 Å². The lowest BCUT2D eigenvalue weighted by molar-refractivity contribution is -0.384. The van der Waals surface area contributed by atoms with Crippen LogP contribution in [0.4, 0.5) is 5.69 Å². The van der Waals surface area contributed by atoms with E-state index < -0.39 is 0 Å². The maximum absolute atomic E-state index is 10.9. The lowest BCUT2D eigenvalue weighted by Crippen LogP contribution is -2.53. The highest BCUT2D eigenvalue weighted by atomic mass is 16.6. The van der Waals surface area contributed by atoms with Crippen molar-refractivity contribution < 1.29 is 14.8 Å². The zero-order valence-corrected chi connectivity index (χ0v) is 11.9. The van der Waals surface area contributed by atoms with Gasteiger partial charge in [-0.3, -0.25) is 15.0 Å². The third-order valence-electron chi connectivity index (χ3n) is 4.26. The van der Waals surface area contributed by atoms with Crippen LogP contribution < -0.4 is 0 Å². The number of ether oxygens (including phenoxy) is 1. The van der Waals surface area contributed by atoms with Crippen LogP contribution >= 0.6 is 0 Å². The van der Waals surface area contributed by atoms with Gasteiger partial charge in [0.25, 0.3) is 5.69 Å². The Morgan fingerprint density at radius 1 is 1.43 bits per heavy atom. The van der Waals surface area contributed by atoms with Crippen molar-refractivity contribution in [3.8, 4) is 0 Å². The highest BCUT2D eigenvalue weighted by Gasteiger charge is 2.42. The van der Waals surface area contributed by atoms with E-state index in [1.54, 1.807) is 12.1 Å². The molecule has 2 fully saturated rings. The van der Waals surface area contributed by atoms with Crippen molar-refractivity contribution >= 4 is 5.69 Å². The molecule has 0 atom stereocenters. The zero-order chi connectivity index (χ0) is 14.9. The summed E-state index contributed by atoms with van der Waals surface area (Å²) in [6, 6.07) is 7.34. The van der Waals surface area contributed by atoms with Gasteiger partial charge < -0.3 is 9.84 Å². The fourth-order valence-corrected chi connectivity index (χ4v) is 2.81.